The summed E-state index contributed by atoms with van der Waals surface area (Å²) < 4.78 is 13.5. The third-order valence-corrected chi connectivity index (χ3v) is 5.80. The molecule has 2 aliphatic rings. The Hall–Kier alpha value is -2.57. The first-order chi connectivity index (χ1) is 13.9. The third-order valence-electron chi connectivity index (χ3n) is 5.80. The summed E-state index contributed by atoms with van der Waals surface area (Å²) in [6, 6.07) is 7.02. The Morgan fingerprint density at radius 3 is 2.52 bits per heavy atom. The number of dihydropyridines is 1. The van der Waals surface area contributed by atoms with Gasteiger partial charge in [0.25, 0.3) is 0 Å². The lowest BCUT2D eigenvalue weighted by atomic mass is 9.90. The summed E-state index contributed by atoms with van der Waals surface area (Å²) in [5, 5.41) is 3.28. The number of hydrazine groups is 1. The molecule has 1 aromatic rings. The molecule has 1 aromatic carbocycles. The molecule has 0 aromatic heterocycles. The standard InChI is InChI=1S/C23H32FN5/c1-16-15-19(9-12-26-16)22(17(2)18-5-7-20(24)8-6-18)23(27-25)29(4)21-10-13-28(3)14-11-21/h5-9,12,15-16,21,26-27H,2,10-11,13-14,25H2,1,3-4H3/b23-22-. The average Bonchev–Trinajstić information content (AvgIpc) is 2.72. The highest BCUT2D eigenvalue weighted by molar-refractivity contribution is 5.84. The molecule has 1 atom stereocenters. The van der Waals surface area contributed by atoms with Crippen LogP contribution in [0.25, 0.3) is 5.57 Å². The van der Waals surface area contributed by atoms with Crippen molar-refractivity contribution in [3.05, 3.63) is 77.5 Å². The molecule has 1 unspecified atom stereocenters. The van der Waals surface area contributed by atoms with Crippen LogP contribution >= 0.6 is 0 Å². The molecule has 2 heterocycles. The molecule has 0 bridgehead atoms. The monoisotopic (exact) mass is 397 g/mol. The Labute approximate surface area is 173 Å². The Morgan fingerprint density at radius 1 is 1.28 bits per heavy atom. The van der Waals surface area contributed by atoms with Gasteiger partial charge in [0.05, 0.1) is 0 Å². The maximum Gasteiger partial charge on any atom is 0.124 e. The Balaban J connectivity index is 2.05. The lowest BCUT2D eigenvalue weighted by molar-refractivity contribution is 0.164. The molecule has 5 nitrogen and oxygen atoms in total. The van der Waals surface area contributed by atoms with Gasteiger partial charge in [-0.05, 0) is 81.0 Å². The molecule has 156 valence electrons. The van der Waals surface area contributed by atoms with Crippen LogP contribution in [0, 0.1) is 5.82 Å². The van der Waals surface area contributed by atoms with Gasteiger partial charge in [-0.15, -0.1) is 0 Å². The summed E-state index contributed by atoms with van der Waals surface area (Å²) in [7, 11) is 4.24. The molecule has 3 rings (SSSR count). The third kappa shape index (κ3) is 4.89. The lowest BCUT2D eigenvalue weighted by Crippen LogP contribution is -2.46. The molecule has 0 amide bonds. The van der Waals surface area contributed by atoms with Gasteiger partial charge in [0.15, 0.2) is 0 Å². The molecule has 0 aliphatic carbocycles. The Bertz CT molecular complexity index is 816. The van der Waals surface area contributed by atoms with E-state index >= 15 is 0 Å². The number of rotatable bonds is 6. The topological polar surface area (TPSA) is 56.6 Å². The molecule has 2 aliphatic heterocycles. The van der Waals surface area contributed by atoms with Crippen molar-refractivity contribution in [2.75, 3.05) is 27.2 Å². The molecule has 4 N–H and O–H groups in total. The molecule has 0 radical (unpaired) electrons. The predicted octanol–water partition coefficient (Wildman–Crippen LogP) is 2.97. The van der Waals surface area contributed by atoms with Gasteiger partial charge in [0.1, 0.15) is 11.6 Å². The number of halogens is 1. The van der Waals surface area contributed by atoms with Crippen LogP contribution < -0.4 is 16.6 Å². The fourth-order valence-electron chi connectivity index (χ4n) is 3.99. The van der Waals surface area contributed by atoms with Crippen LogP contribution in [0.1, 0.15) is 25.3 Å². The van der Waals surface area contributed by atoms with Crippen molar-refractivity contribution >= 4 is 5.57 Å². The Kier molecular flexibility index (Phi) is 6.77. The summed E-state index contributed by atoms with van der Waals surface area (Å²) in [4.78, 5) is 4.58. The molecule has 29 heavy (non-hydrogen) atoms. The maximum absolute atomic E-state index is 13.5. The summed E-state index contributed by atoms with van der Waals surface area (Å²) in [6.45, 7) is 8.57. The van der Waals surface area contributed by atoms with E-state index in [0.29, 0.717) is 6.04 Å². The van der Waals surface area contributed by atoms with E-state index in [9.17, 15) is 4.39 Å². The highest BCUT2D eigenvalue weighted by Gasteiger charge is 2.26. The molecular weight excluding hydrogens is 365 g/mol. The summed E-state index contributed by atoms with van der Waals surface area (Å²) >= 11 is 0. The summed E-state index contributed by atoms with van der Waals surface area (Å²) in [5.74, 6) is 6.63. The van der Waals surface area contributed by atoms with Crippen molar-refractivity contribution in [1.82, 2.24) is 20.5 Å². The van der Waals surface area contributed by atoms with E-state index in [4.69, 9.17) is 5.84 Å². The van der Waals surface area contributed by atoms with Crippen LogP contribution in [0.3, 0.4) is 0 Å². The molecule has 0 spiro atoms. The number of nitrogens with two attached hydrogens (primary N) is 1. The highest BCUT2D eigenvalue weighted by atomic mass is 19.1. The Morgan fingerprint density at radius 2 is 1.93 bits per heavy atom. The van der Waals surface area contributed by atoms with Crippen molar-refractivity contribution in [1.29, 1.82) is 0 Å². The normalized spacial score (nSPS) is 21.1. The number of piperidine rings is 1. The van der Waals surface area contributed by atoms with Crippen molar-refractivity contribution in [3.63, 3.8) is 0 Å². The minimum Gasteiger partial charge on any atom is -0.385 e. The van der Waals surface area contributed by atoms with E-state index in [1.165, 1.54) is 12.1 Å². The van der Waals surface area contributed by atoms with E-state index in [2.05, 4.69) is 54.2 Å². The van der Waals surface area contributed by atoms with Gasteiger partial charge in [-0.3, -0.25) is 0 Å². The first-order valence-electron chi connectivity index (χ1n) is 10.1. The molecular formula is C23H32FN5. The molecule has 0 saturated carbocycles. The number of hydrogen-bond acceptors (Lipinski definition) is 5. The van der Waals surface area contributed by atoms with Crippen LogP contribution in [0.2, 0.25) is 0 Å². The SMILES string of the molecule is C=C(/C(C1=CC(C)NC=C1)=C(\NN)N(C)C1CCN(C)CC1)c1ccc(F)cc1. The van der Waals surface area contributed by atoms with Gasteiger partial charge in [-0.1, -0.05) is 24.8 Å². The zero-order valence-corrected chi connectivity index (χ0v) is 17.6. The zero-order chi connectivity index (χ0) is 21.0. The number of benzene rings is 1. The average molecular weight is 398 g/mol. The minimum absolute atomic E-state index is 0.193. The van der Waals surface area contributed by atoms with E-state index in [-0.39, 0.29) is 11.9 Å². The number of nitrogens with zero attached hydrogens (tertiary/aromatic N) is 2. The second-order valence-electron chi connectivity index (χ2n) is 7.91. The van der Waals surface area contributed by atoms with Gasteiger partial charge in [-0.2, -0.15) is 0 Å². The zero-order valence-electron chi connectivity index (χ0n) is 17.6. The van der Waals surface area contributed by atoms with Gasteiger partial charge in [0, 0.05) is 24.7 Å². The first-order valence-corrected chi connectivity index (χ1v) is 10.1. The van der Waals surface area contributed by atoms with Crippen LogP contribution in [-0.2, 0) is 0 Å². The maximum atomic E-state index is 13.5. The number of likely N-dealkylation sites (tertiary alicyclic amines) is 1. The molecule has 1 saturated heterocycles. The fraction of sp³-hybridized carbons (Fsp3) is 0.391. The number of nitrogens with one attached hydrogen (secondary N) is 2. The van der Waals surface area contributed by atoms with Crippen LogP contribution in [0.5, 0.6) is 0 Å². The van der Waals surface area contributed by atoms with Crippen molar-refractivity contribution in [3.8, 4) is 0 Å². The molecule has 6 heteroatoms. The van der Waals surface area contributed by atoms with Crippen molar-refractivity contribution in [2.45, 2.75) is 31.8 Å². The number of hydrogen-bond donors (Lipinski definition) is 3. The van der Waals surface area contributed by atoms with Gasteiger partial charge < -0.3 is 20.5 Å². The van der Waals surface area contributed by atoms with Crippen LogP contribution in [0.15, 0.2) is 66.2 Å². The van der Waals surface area contributed by atoms with Crippen molar-refractivity contribution < 1.29 is 4.39 Å². The van der Waals surface area contributed by atoms with E-state index in [1.807, 2.05) is 12.3 Å². The first kappa shape index (κ1) is 21.1. The van der Waals surface area contributed by atoms with E-state index in [0.717, 1.165) is 54.0 Å². The van der Waals surface area contributed by atoms with E-state index < -0.39 is 0 Å². The van der Waals surface area contributed by atoms with E-state index in [1.54, 1.807) is 12.1 Å². The summed E-state index contributed by atoms with van der Waals surface area (Å²) in [5.41, 5.74) is 6.60. The second-order valence-corrected chi connectivity index (χ2v) is 7.91. The summed E-state index contributed by atoms with van der Waals surface area (Å²) in [6.07, 6.45) is 8.28. The largest absolute Gasteiger partial charge is 0.385 e. The molecule has 1 fully saturated rings. The lowest BCUT2D eigenvalue weighted by Gasteiger charge is -2.38. The second kappa shape index (κ2) is 9.29. The fourth-order valence-corrected chi connectivity index (χ4v) is 3.99. The van der Waals surface area contributed by atoms with Crippen LogP contribution in [0.4, 0.5) is 4.39 Å². The predicted molar refractivity (Wildman–Crippen MR) is 118 cm³/mol. The van der Waals surface area contributed by atoms with Crippen LogP contribution in [-0.4, -0.2) is 49.1 Å². The smallest absolute Gasteiger partial charge is 0.124 e. The van der Waals surface area contributed by atoms with Gasteiger partial charge >= 0.3 is 0 Å². The minimum atomic E-state index is -0.262. The number of allylic oxidation sites excluding steroid dienone is 4. The van der Waals surface area contributed by atoms with Gasteiger partial charge in [0.2, 0.25) is 0 Å². The van der Waals surface area contributed by atoms with Gasteiger partial charge in [-0.25, -0.2) is 10.2 Å². The van der Waals surface area contributed by atoms with Crippen molar-refractivity contribution in [2.24, 2.45) is 5.84 Å². The highest BCUT2D eigenvalue weighted by Crippen LogP contribution is 2.33. The quantitative estimate of drug-likeness (QED) is 0.391.